The monoisotopic (exact) mass is 572 g/mol. The fourth-order valence-electron chi connectivity index (χ4n) is 2.42. The summed E-state index contributed by atoms with van der Waals surface area (Å²) in [5.74, 6) is 0.847. The second-order valence-electron chi connectivity index (χ2n) is 7.50. The lowest BCUT2D eigenvalue weighted by Gasteiger charge is -2.19. The molecule has 0 unspecified atom stereocenters. The molecule has 32 heavy (non-hydrogen) atoms. The number of amides is 1. The average Bonchev–Trinajstić information content (AvgIpc) is 2.66. The van der Waals surface area contributed by atoms with Gasteiger partial charge in [0, 0.05) is 19.6 Å². The second-order valence-corrected chi connectivity index (χ2v) is 7.50. The van der Waals surface area contributed by atoms with Crippen molar-refractivity contribution in [1.82, 2.24) is 16.0 Å². The van der Waals surface area contributed by atoms with Crippen LogP contribution in [0, 0.1) is 0 Å². The highest BCUT2D eigenvalue weighted by atomic mass is 127. The molecule has 0 fully saturated rings. The van der Waals surface area contributed by atoms with E-state index in [0.29, 0.717) is 45.2 Å². The van der Waals surface area contributed by atoms with Crippen LogP contribution in [0.1, 0.15) is 46.6 Å². The minimum atomic E-state index is -2.92. The van der Waals surface area contributed by atoms with Crippen molar-refractivity contribution in [3.8, 4) is 11.5 Å². The number of carbonyl (C=O) groups excluding carboxylic acids is 1. The van der Waals surface area contributed by atoms with Gasteiger partial charge in [-0.2, -0.15) is 8.78 Å². The van der Waals surface area contributed by atoms with Gasteiger partial charge < -0.3 is 30.2 Å². The number of rotatable bonds is 11. The predicted molar refractivity (Wildman–Crippen MR) is 131 cm³/mol. The highest BCUT2D eigenvalue weighted by Crippen LogP contribution is 2.30. The van der Waals surface area contributed by atoms with E-state index in [1.165, 1.54) is 6.07 Å². The van der Waals surface area contributed by atoms with Crippen molar-refractivity contribution in [2.75, 3.05) is 26.2 Å². The Morgan fingerprint density at radius 3 is 2.38 bits per heavy atom. The number of nitrogens with one attached hydrogen (secondary N) is 3. The molecule has 1 amide bonds. The Morgan fingerprint density at radius 2 is 1.78 bits per heavy atom. The fourth-order valence-corrected chi connectivity index (χ4v) is 2.42. The van der Waals surface area contributed by atoms with Gasteiger partial charge in [0.2, 0.25) is 0 Å². The third kappa shape index (κ3) is 13.4. The van der Waals surface area contributed by atoms with Crippen LogP contribution >= 0.6 is 24.0 Å². The van der Waals surface area contributed by atoms with E-state index in [1.54, 1.807) is 19.1 Å². The van der Waals surface area contributed by atoms with E-state index in [0.717, 1.165) is 5.56 Å². The number of guanidine groups is 1. The van der Waals surface area contributed by atoms with Gasteiger partial charge in [-0.3, -0.25) is 0 Å². The van der Waals surface area contributed by atoms with E-state index in [9.17, 15) is 13.6 Å². The predicted octanol–water partition coefficient (Wildman–Crippen LogP) is 4.27. The summed E-state index contributed by atoms with van der Waals surface area (Å²) in [6.07, 6.45) is 0.232. The molecule has 0 atom stereocenters. The lowest BCUT2D eigenvalue weighted by molar-refractivity contribution is -0.0514. The number of benzene rings is 1. The topological polar surface area (TPSA) is 93.2 Å². The zero-order valence-electron chi connectivity index (χ0n) is 19.3. The summed E-state index contributed by atoms with van der Waals surface area (Å²) in [6.45, 7) is 8.60. The largest absolute Gasteiger partial charge is 0.490 e. The first kappa shape index (κ1) is 29.9. The Kier molecular flexibility index (Phi) is 14.7. The van der Waals surface area contributed by atoms with Crippen LogP contribution in [0.5, 0.6) is 11.5 Å². The SMILES string of the molecule is CCNC(=NCc1ccc(OC(F)F)c(OCC)c1)NCCCNC(=O)OC(C)(C)C.I. The Morgan fingerprint density at radius 1 is 1.09 bits per heavy atom. The normalized spacial score (nSPS) is 11.4. The van der Waals surface area contributed by atoms with Crippen LogP contribution in [0.15, 0.2) is 23.2 Å². The molecule has 1 aromatic rings. The smallest absolute Gasteiger partial charge is 0.407 e. The molecule has 0 heterocycles. The highest BCUT2D eigenvalue weighted by molar-refractivity contribution is 14.0. The number of ether oxygens (including phenoxy) is 3. The molecule has 11 heteroatoms. The maximum Gasteiger partial charge on any atom is 0.407 e. The molecule has 1 aromatic carbocycles. The molecule has 0 aliphatic carbocycles. The number of halogens is 3. The summed E-state index contributed by atoms with van der Waals surface area (Å²) in [6, 6.07) is 4.75. The van der Waals surface area contributed by atoms with Crippen molar-refractivity contribution in [2.24, 2.45) is 4.99 Å². The summed E-state index contributed by atoms with van der Waals surface area (Å²) in [4.78, 5) is 16.1. The number of aliphatic imine (C=N–C) groups is 1. The lowest BCUT2D eigenvalue weighted by Crippen LogP contribution is -2.39. The second kappa shape index (κ2) is 15.7. The van der Waals surface area contributed by atoms with Gasteiger partial charge in [0.25, 0.3) is 0 Å². The van der Waals surface area contributed by atoms with Crippen LogP contribution < -0.4 is 25.4 Å². The molecule has 1 rings (SSSR count). The van der Waals surface area contributed by atoms with Crippen molar-refractivity contribution in [3.63, 3.8) is 0 Å². The van der Waals surface area contributed by atoms with E-state index in [1.807, 2.05) is 27.7 Å². The Bertz CT molecular complexity index is 716. The standard InChI is InChI=1S/C21H34F2N4O4.HI/c1-6-24-19(25-11-8-12-26-20(28)31-21(3,4)5)27-14-15-9-10-16(30-18(22)23)17(13-15)29-7-2;/h9-10,13,18H,6-8,11-12,14H2,1-5H3,(H,26,28)(H2,24,25,27);1H. The zero-order valence-corrected chi connectivity index (χ0v) is 21.6. The van der Waals surface area contributed by atoms with Crippen molar-refractivity contribution >= 4 is 36.0 Å². The van der Waals surface area contributed by atoms with Crippen molar-refractivity contribution in [1.29, 1.82) is 0 Å². The van der Waals surface area contributed by atoms with Crippen LogP contribution in [-0.4, -0.2) is 50.5 Å². The van der Waals surface area contributed by atoms with E-state index in [-0.39, 0.29) is 35.5 Å². The molecule has 0 bridgehead atoms. The average molecular weight is 572 g/mol. The van der Waals surface area contributed by atoms with Crippen molar-refractivity contribution in [2.45, 2.75) is 59.8 Å². The van der Waals surface area contributed by atoms with Gasteiger partial charge in [-0.05, 0) is 58.7 Å². The number of alkyl carbamates (subject to hydrolysis) is 1. The molecule has 0 radical (unpaired) electrons. The van der Waals surface area contributed by atoms with E-state index < -0.39 is 18.3 Å². The molecule has 184 valence electrons. The first-order chi connectivity index (χ1) is 14.6. The van der Waals surface area contributed by atoms with Gasteiger partial charge >= 0.3 is 12.7 Å². The summed E-state index contributed by atoms with van der Waals surface area (Å²) in [5, 5.41) is 9.01. The first-order valence-corrected chi connectivity index (χ1v) is 10.3. The molecule has 3 N–H and O–H groups in total. The number of hydrogen-bond acceptors (Lipinski definition) is 5. The Labute approximate surface area is 205 Å². The third-order valence-corrected chi connectivity index (χ3v) is 3.60. The van der Waals surface area contributed by atoms with E-state index >= 15 is 0 Å². The van der Waals surface area contributed by atoms with Gasteiger partial charge in [0.15, 0.2) is 17.5 Å². The van der Waals surface area contributed by atoms with Crippen LogP contribution in [0.3, 0.4) is 0 Å². The highest BCUT2D eigenvalue weighted by Gasteiger charge is 2.15. The summed E-state index contributed by atoms with van der Waals surface area (Å²) in [5.41, 5.74) is 0.257. The van der Waals surface area contributed by atoms with Crippen LogP contribution in [0.25, 0.3) is 0 Å². The number of hydrogen-bond donors (Lipinski definition) is 3. The van der Waals surface area contributed by atoms with E-state index in [4.69, 9.17) is 9.47 Å². The molecule has 0 aliphatic rings. The van der Waals surface area contributed by atoms with Gasteiger partial charge in [-0.15, -0.1) is 24.0 Å². The molecular formula is C21H35F2IN4O4. The van der Waals surface area contributed by atoms with Gasteiger partial charge in [0.05, 0.1) is 13.2 Å². The maximum absolute atomic E-state index is 12.5. The molecule has 0 aromatic heterocycles. The number of alkyl halides is 2. The third-order valence-electron chi connectivity index (χ3n) is 3.60. The summed E-state index contributed by atoms with van der Waals surface area (Å²) < 4.78 is 40.1. The molecule has 0 saturated heterocycles. The molecule has 8 nitrogen and oxygen atoms in total. The fraction of sp³-hybridized carbons (Fsp3) is 0.619. The number of nitrogens with zero attached hydrogens (tertiary/aromatic N) is 1. The minimum absolute atomic E-state index is 0. The molecule has 0 spiro atoms. The summed E-state index contributed by atoms with van der Waals surface area (Å²) >= 11 is 0. The summed E-state index contributed by atoms with van der Waals surface area (Å²) in [7, 11) is 0. The zero-order chi connectivity index (χ0) is 23.3. The van der Waals surface area contributed by atoms with Crippen LogP contribution in [0.2, 0.25) is 0 Å². The molecule has 0 aliphatic heterocycles. The lowest BCUT2D eigenvalue weighted by atomic mass is 10.2. The van der Waals surface area contributed by atoms with E-state index in [2.05, 4.69) is 25.7 Å². The Balaban J connectivity index is 0.00000961. The number of carbonyl (C=O) groups is 1. The molecule has 0 saturated carbocycles. The quantitative estimate of drug-likeness (QED) is 0.159. The minimum Gasteiger partial charge on any atom is -0.490 e. The maximum atomic E-state index is 12.5. The van der Waals surface area contributed by atoms with Gasteiger partial charge in [0.1, 0.15) is 5.60 Å². The van der Waals surface area contributed by atoms with Gasteiger partial charge in [-0.1, -0.05) is 6.07 Å². The molecular weight excluding hydrogens is 537 g/mol. The van der Waals surface area contributed by atoms with Crippen molar-refractivity contribution in [3.05, 3.63) is 23.8 Å². The first-order valence-electron chi connectivity index (χ1n) is 10.3. The van der Waals surface area contributed by atoms with Crippen LogP contribution in [-0.2, 0) is 11.3 Å². The Hall–Kier alpha value is -2.05. The van der Waals surface area contributed by atoms with Gasteiger partial charge in [-0.25, -0.2) is 9.79 Å². The van der Waals surface area contributed by atoms with Crippen molar-refractivity contribution < 1.29 is 27.8 Å². The van der Waals surface area contributed by atoms with Crippen LogP contribution in [0.4, 0.5) is 13.6 Å².